The summed E-state index contributed by atoms with van der Waals surface area (Å²) in [6, 6.07) is 11.5. The number of aliphatic hydroxyl groups excluding tert-OH is 1. The first-order valence-electron chi connectivity index (χ1n) is 10.4. The number of ether oxygens (including phenoxy) is 2. The number of benzene rings is 2. The minimum Gasteiger partial charge on any atom is -0.495 e. The molecule has 2 atom stereocenters. The molecule has 2 aliphatic heterocycles. The molecule has 1 spiro atoms. The highest BCUT2D eigenvalue weighted by molar-refractivity contribution is 6.07. The Morgan fingerprint density at radius 2 is 2.13 bits per heavy atom. The summed E-state index contributed by atoms with van der Waals surface area (Å²) in [4.78, 5) is 14.7. The number of aliphatic hydroxyl groups is 1. The van der Waals surface area contributed by atoms with Crippen LogP contribution in [-0.2, 0) is 9.53 Å². The monoisotopic (exact) mass is 410 g/mol. The molecule has 0 bridgehead atoms. The van der Waals surface area contributed by atoms with Crippen molar-refractivity contribution in [2.24, 2.45) is 0 Å². The first kappa shape index (κ1) is 19.4. The summed E-state index contributed by atoms with van der Waals surface area (Å²) in [6.45, 7) is 2.08. The maximum atomic E-state index is 12.7. The van der Waals surface area contributed by atoms with Crippen molar-refractivity contribution in [2.75, 3.05) is 38.7 Å². The molecule has 2 N–H and O–H groups in total. The van der Waals surface area contributed by atoms with Gasteiger partial charge in [0, 0.05) is 36.5 Å². The Morgan fingerprint density at radius 1 is 1.27 bits per heavy atom. The largest absolute Gasteiger partial charge is 0.495 e. The van der Waals surface area contributed by atoms with Gasteiger partial charge in [0.15, 0.2) is 0 Å². The number of fused-ring (bicyclic) bond motifs is 3. The molecular formula is C23H26N2O5. The maximum Gasteiger partial charge on any atom is 0.238 e. The highest BCUT2D eigenvalue weighted by Crippen LogP contribution is 2.37. The van der Waals surface area contributed by atoms with Gasteiger partial charge in [-0.05, 0) is 31.4 Å². The summed E-state index contributed by atoms with van der Waals surface area (Å²) in [5.74, 6) is 0.429. The van der Waals surface area contributed by atoms with Gasteiger partial charge in [0.1, 0.15) is 16.9 Å². The third kappa shape index (κ3) is 3.33. The van der Waals surface area contributed by atoms with Crippen molar-refractivity contribution in [3.05, 3.63) is 36.4 Å². The number of nitrogens with one attached hydrogen (secondary N) is 1. The first-order valence-corrected chi connectivity index (χ1v) is 10.4. The van der Waals surface area contributed by atoms with Crippen LogP contribution in [0, 0.1) is 0 Å². The van der Waals surface area contributed by atoms with Crippen molar-refractivity contribution in [3.8, 4) is 5.75 Å². The molecule has 0 unspecified atom stereocenters. The van der Waals surface area contributed by atoms with Gasteiger partial charge in [0.05, 0.1) is 31.0 Å². The van der Waals surface area contributed by atoms with E-state index in [0.717, 1.165) is 42.2 Å². The highest BCUT2D eigenvalue weighted by atomic mass is 16.5. The van der Waals surface area contributed by atoms with Crippen molar-refractivity contribution in [3.63, 3.8) is 0 Å². The lowest BCUT2D eigenvalue weighted by molar-refractivity contribution is -0.135. The Labute approximate surface area is 174 Å². The Kier molecular flexibility index (Phi) is 4.89. The highest BCUT2D eigenvalue weighted by Gasteiger charge is 2.45. The normalized spacial score (nSPS) is 24.7. The average Bonchev–Trinajstić information content (AvgIpc) is 3.35. The molecule has 0 saturated carbocycles. The molecule has 0 aliphatic carbocycles. The van der Waals surface area contributed by atoms with E-state index in [1.165, 1.54) is 0 Å². The topological polar surface area (TPSA) is 84.2 Å². The van der Waals surface area contributed by atoms with Gasteiger partial charge in [-0.3, -0.25) is 9.69 Å². The van der Waals surface area contributed by atoms with Crippen molar-refractivity contribution in [2.45, 2.75) is 31.0 Å². The number of piperidine rings is 1. The van der Waals surface area contributed by atoms with Crippen LogP contribution in [0.2, 0.25) is 0 Å². The van der Waals surface area contributed by atoms with Gasteiger partial charge in [0.25, 0.3) is 0 Å². The molecule has 2 aliphatic rings. The average molecular weight is 410 g/mol. The Hall–Kier alpha value is -2.61. The SMILES string of the molecule is COc1cc2c(cc1NC(=O)CN1CC[C@@]3(CCCO3)[C@@H](O)C1)oc1ccccc12. The quantitative estimate of drug-likeness (QED) is 0.688. The van der Waals surface area contributed by atoms with Crippen LogP contribution in [0.3, 0.4) is 0 Å². The lowest BCUT2D eigenvalue weighted by Crippen LogP contribution is -2.56. The second kappa shape index (κ2) is 7.58. The Balaban J connectivity index is 1.31. The molecule has 5 rings (SSSR count). The van der Waals surface area contributed by atoms with E-state index in [1.807, 2.05) is 35.2 Å². The van der Waals surface area contributed by atoms with Crippen LogP contribution in [0.1, 0.15) is 19.3 Å². The van der Waals surface area contributed by atoms with E-state index in [9.17, 15) is 9.90 Å². The lowest BCUT2D eigenvalue weighted by Gasteiger charge is -2.42. The van der Waals surface area contributed by atoms with Gasteiger partial charge >= 0.3 is 0 Å². The van der Waals surface area contributed by atoms with Crippen molar-refractivity contribution >= 4 is 33.5 Å². The number of carbonyl (C=O) groups is 1. The Bertz CT molecular complexity index is 1090. The van der Waals surface area contributed by atoms with Crippen molar-refractivity contribution in [1.29, 1.82) is 0 Å². The van der Waals surface area contributed by atoms with Crippen LogP contribution in [0.5, 0.6) is 5.75 Å². The summed E-state index contributed by atoms with van der Waals surface area (Å²) >= 11 is 0. The number of amides is 1. The minimum atomic E-state index is -0.567. The van der Waals surface area contributed by atoms with Crippen LogP contribution in [0.15, 0.2) is 40.8 Å². The minimum absolute atomic E-state index is 0.153. The number of β-amino-alcohol motifs (C(OH)–C–C–N with tert-alkyl or cyclic N) is 1. The number of hydrogen-bond donors (Lipinski definition) is 2. The van der Waals surface area contributed by atoms with Gasteiger partial charge in [-0.15, -0.1) is 0 Å². The molecule has 1 aromatic heterocycles. The summed E-state index contributed by atoms with van der Waals surface area (Å²) in [6.07, 6.45) is 2.06. The number of hydrogen-bond acceptors (Lipinski definition) is 6. The third-order valence-electron chi connectivity index (χ3n) is 6.36. The van der Waals surface area contributed by atoms with Crippen molar-refractivity contribution in [1.82, 2.24) is 4.90 Å². The number of para-hydroxylation sites is 1. The predicted molar refractivity (Wildman–Crippen MR) is 114 cm³/mol. The molecule has 1 amide bonds. The number of nitrogens with zero attached hydrogens (tertiary/aromatic N) is 1. The fourth-order valence-corrected chi connectivity index (χ4v) is 4.75. The van der Waals surface area contributed by atoms with E-state index in [-0.39, 0.29) is 12.5 Å². The predicted octanol–water partition coefficient (Wildman–Crippen LogP) is 3.15. The molecule has 3 aromatic rings. The summed E-state index contributed by atoms with van der Waals surface area (Å²) in [5, 5.41) is 15.5. The van der Waals surface area contributed by atoms with Crippen molar-refractivity contribution < 1.29 is 23.8 Å². The zero-order valence-corrected chi connectivity index (χ0v) is 17.0. The van der Waals surface area contributed by atoms with Gasteiger partial charge in [-0.1, -0.05) is 18.2 Å². The van der Waals surface area contributed by atoms with Crippen LogP contribution in [0.4, 0.5) is 5.69 Å². The number of anilines is 1. The number of likely N-dealkylation sites (tertiary alicyclic amines) is 1. The molecule has 2 aromatic carbocycles. The zero-order chi connectivity index (χ0) is 20.7. The number of furan rings is 1. The van der Waals surface area contributed by atoms with E-state index >= 15 is 0 Å². The summed E-state index contributed by atoms with van der Waals surface area (Å²) < 4.78 is 17.3. The van der Waals surface area contributed by atoms with Crippen LogP contribution in [-0.4, -0.2) is 61.0 Å². The first-order chi connectivity index (χ1) is 14.6. The Morgan fingerprint density at radius 3 is 2.90 bits per heavy atom. The van der Waals surface area contributed by atoms with Gasteiger partial charge in [-0.2, -0.15) is 0 Å². The molecule has 30 heavy (non-hydrogen) atoms. The fraction of sp³-hybridized carbons (Fsp3) is 0.435. The van der Waals surface area contributed by atoms with Crippen LogP contribution < -0.4 is 10.1 Å². The van der Waals surface area contributed by atoms with E-state index in [4.69, 9.17) is 13.9 Å². The number of carbonyl (C=O) groups excluding carboxylic acids is 1. The molecule has 2 fully saturated rings. The molecule has 0 radical (unpaired) electrons. The summed E-state index contributed by atoms with van der Waals surface area (Å²) in [7, 11) is 1.58. The van der Waals surface area contributed by atoms with E-state index in [1.54, 1.807) is 13.2 Å². The third-order valence-corrected chi connectivity index (χ3v) is 6.36. The second-order valence-corrected chi connectivity index (χ2v) is 8.21. The smallest absolute Gasteiger partial charge is 0.238 e. The van der Waals surface area contributed by atoms with Crippen LogP contribution >= 0.6 is 0 Å². The molecule has 7 nitrogen and oxygen atoms in total. The maximum absolute atomic E-state index is 12.7. The standard InChI is InChI=1S/C23H26N2O5/c1-28-20-11-16-15-5-2-3-6-18(15)30-19(16)12-17(20)24-22(27)14-25-9-8-23(21(26)13-25)7-4-10-29-23/h2-3,5-6,11-12,21,26H,4,7-10,13-14H2,1H3,(H,24,27)/t21-,23-/m0/s1. The van der Waals surface area contributed by atoms with E-state index < -0.39 is 11.7 Å². The zero-order valence-electron chi connectivity index (χ0n) is 17.0. The second-order valence-electron chi connectivity index (χ2n) is 8.21. The summed E-state index contributed by atoms with van der Waals surface area (Å²) in [5.41, 5.74) is 1.65. The van der Waals surface area contributed by atoms with E-state index in [2.05, 4.69) is 5.32 Å². The van der Waals surface area contributed by atoms with E-state index in [0.29, 0.717) is 30.2 Å². The molecule has 158 valence electrons. The number of rotatable bonds is 4. The molecule has 2 saturated heterocycles. The van der Waals surface area contributed by atoms with Gasteiger partial charge < -0.3 is 24.3 Å². The lowest BCUT2D eigenvalue weighted by atomic mass is 9.86. The molecule has 7 heteroatoms. The van der Waals surface area contributed by atoms with Gasteiger partial charge in [-0.25, -0.2) is 0 Å². The molecule has 3 heterocycles. The fourth-order valence-electron chi connectivity index (χ4n) is 4.75. The van der Waals surface area contributed by atoms with Gasteiger partial charge in [0.2, 0.25) is 5.91 Å². The number of methoxy groups -OCH3 is 1. The molecular weight excluding hydrogens is 384 g/mol. The van der Waals surface area contributed by atoms with Crippen LogP contribution in [0.25, 0.3) is 21.9 Å².